The van der Waals surface area contributed by atoms with Gasteiger partial charge in [-0.1, -0.05) is 34.9 Å². The van der Waals surface area contributed by atoms with E-state index in [1.165, 1.54) is 11.1 Å². The number of rotatable bonds is 6. The number of halogens is 1. The summed E-state index contributed by atoms with van der Waals surface area (Å²) in [7, 11) is 0. The Morgan fingerprint density at radius 1 is 1.24 bits per heavy atom. The lowest BCUT2D eigenvalue weighted by molar-refractivity contribution is 0.355. The van der Waals surface area contributed by atoms with E-state index in [0.717, 1.165) is 29.4 Å². The van der Waals surface area contributed by atoms with Gasteiger partial charge in [0.05, 0.1) is 0 Å². The molecule has 0 aliphatic carbocycles. The number of nitrogens with one attached hydrogen (secondary N) is 1. The summed E-state index contributed by atoms with van der Waals surface area (Å²) in [6, 6.07) is 4.54. The molecule has 114 valence electrons. The second-order valence-corrected chi connectivity index (χ2v) is 6.10. The number of hydrogen-bond donors (Lipinski definition) is 1. The number of aromatic nitrogens is 2. The predicted molar refractivity (Wildman–Crippen MR) is 88.4 cm³/mol. The Kier molecular flexibility index (Phi) is 5.53. The molecule has 21 heavy (non-hydrogen) atoms. The topological polar surface area (TPSA) is 51.0 Å². The lowest BCUT2D eigenvalue weighted by Gasteiger charge is -2.12. The summed E-state index contributed by atoms with van der Waals surface area (Å²) in [6.45, 7) is 9.35. The summed E-state index contributed by atoms with van der Waals surface area (Å²) in [5.41, 5.74) is 3.35. The van der Waals surface area contributed by atoms with Crippen molar-refractivity contribution in [3.63, 3.8) is 0 Å². The highest BCUT2D eigenvalue weighted by Gasteiger charge is 2.14. The normalized spacial score (nSPS) is 12.6. The van der Waals surface area contributed by atoms with Crippen molar-refractivity contribution in [3.05, 3.63) is 33.6 Å². The third kappa shape index (κ3) is 3.92. The van der Waals surface area contributed by atoms with E-state index in [2.05, 4.69) is 71.2 Å². The molecule has 0 fully saturated rings. The first-order chi connectivity index (χ1) is 10.0. The van der Waals surface area contributed by atoms with Crippen LogP contribution in [-0.2, 0) is 6.42 Å². The summed E-state index contributed by atoms with van der Waals surface area (Å²) < 4.78 is 6.53. The number of aryl methyl sites for hydroxylation is 2. The third-order valence-corrected chi connectivity index (χ3v) is 4.82. The number of nitrogens with zero attached hydrogens (tertiary/aromatic N) is 2. The van der Waals surface area contributed by atoms with Crippen LogP contribution in [0.25, 0.3) is 11.4 Å². The van der Waals surface area contributed by atoms with Crippen molar-refractivity contribution in [1.29, 1.82) is 0 Å². The van der Waals surface area contributed by atoms with Gasteiger partial charge in [0.2, 0.25) is 11.7 Å². The van der Waals surface area contributed by atoms with Gasteiger partial charge in [-0.05, 0) is 50.1 Å². The highest BCUT2D eigenvalue weighted by Crippen LogP contribution is 2.27. The molecule has 0 saturated heterocycles. The molecule has 5 heteroatoms. The quantitative estimate of drug-likeness (QED) is 0.852. The molecule has 0 spiro atoms. The third-order valence-electron chi connectivity index (χ3n) is 3.57. The van der Waals surface area contributed by atoms with E-state index in [-0.39, 0.29) is 0 Å². The Labute approximate surface area is 134 Å². The minimum absolute atomic E-state index is 0.386. The van der Waals surface area contributed by atoms with Crippen molar-refractivity contribution < 1.29 is 4.52 Å². The van der Waals surface area contributed by atoms with Crippen molar-refractivity contribution in [3.8, 4) is 11.4 Å². The molecule has 0 aliphatic rings. The first-order valence-electron chi connectivity index (χ1n) is 7.38. The van der Waals surface area contributed by atoms with Crippen LogP contribution in [0, 0.1) is 13.8 Å². The zero-order chi connectivity index (χ0) is 15.4. The molecule has 1 heterocycles. The fourth-order valence-electron chi connectivity index (χ4n) is 2.39. The van der Waals surface area contributed by atoms with E-state index in [9.17, 15) is 0 Å². The van der Waals surface area contributed by atoms with Gasteiger partial charge in [-0.25, -0.2) is 0 Å². The van der Waals surface area contributed by atoms with E-state index in [0.29, 0.717) is 17.8 Å². The van der Waals surface area contributed by atoms with Crippen LogP contribution < -0.4 is 5.32 Å². The van der Waals surface area contributed by atoms with Crippen molar-refractivity contribution >= 4 is 15.9 Å². The first kappa shape index (κ1) is 16.2. The summed E-state index contributed by atoms with van der Waals surface area (Å²) in [6.07, 6.45) is 1.81. The van der Waals surface area contributed by atoms with Gasteiger partial charge < -0.3 is 9.84 Å². The van der Waals surface area contributed by atoms with Gasteiger partial charge in [-0.3, -0.25) is 0 Å². The van der Waals surface area contributed by atoms with Gasteiger partial charge >= 0.3 is 0 Å². The molecule has 4 nitrogen and oxygen atoms in total. The molecule has 1 atom stereocenters. The second-order valence-electron chi connectivity index (χ2n) is 5.30. The first-order valence-corrected chi connectivity index (χ1v) is 8.17. The number of benzene rings is 1. The Hall–Kier alpha value is -1.20. The molecular formula is C16H22BrN3O. The van der Waals surface area contributed by atoms with Crippen LogP contribution in [0.5, 0.6) is 0 Å². The highest BCUT2D eigenvalue weighted by atomic mass is 79.9. The molecule has 0 bridgehead atoms. The van der Waals surface area contributed by atoms with Crippen molar-refractivity contribution in [2.24, 2.45) is 0 Å². The van der Waals surface area contributed by atoms with Gasteiger partial charge in [0, 0.05) is 22.5 Å². The van der Waals surface area contributed by atoms with Crippen LogP contribution in [0.15, 0.2) is 21.1 Å². The Morgan fingerprint density at radius 3 is 2.48 bits per heavy atom. The maximum absolute atomic E-state index is 5.39. The zero-order valence-corrected chi connectivity index (χ0v) is 14.6. The van der Waals surface area contributed by atoms with Crippen LogP contribution in [0.4, 0.5) is 0 Å². The Bertz CT molecular complexity index is 586. The minimum Gasteiger partial charge on any atom is -0.339 e. The molecule has 0 amide bonds. The van der Waals surface area contributed by atoms with E-state index < -0.39 is 0 Å². The Balaban J connectivity index is 2.20. The van der Waals surface area contributed by atoms with E-state index >= 15 is 0 Å². The van der Waals surface area contributed by atoms with Crippen LogP contribution in [-0.4, -0.2) is 22.7 Å². The van der Waals surface area contributed by atoms with E-state index in [1.54, 1.807) is 0 Å². The fraction of sp³-hybridized carbons (Fsp3) is 0.500. The van der Waals surface area contributed by atoms with Crippen LogP contribution >= 0.6 is 15.9 Å². The van der Waals surface area contributed by atoms with Crippen molar-refractivity contribution in [1.82, 2.24) is 15.5 Å². The Morgan fingerprint density at radius 2 is 1.90 bits per heavy atom. The lowest BCUT2D eigenvalue weighted by Crippen LogP contribution is -2.30. The van der Waals surface area contributed by atoms with Gasteiger partial charge in [-0.15, -0.1) is 0 Å². The molecule has 0 saturated carbocycles. The summed E-state index contributed by atoms with van der Waals surface area (Å²) in [5, 5.41) is 7.54. The maximum atomic E-state index is 5.39. The molecule has 1 N–H and O–H groups in total. The average Bonchev–Trinajstić information content (AvgIpc) is 2.92. The van der Waals surface area contributed by atoms with Crippen LogP contribution in [0.2, 0.25) is 0 Å². The van der Waals surface area contributed by atoms with E-state index in [1.807, 2.05) is 0 Å². The van der Waals surface area contributed by atoms with Crippen LogP contribution in [0.1, 0.15) is 37.3 Å². The van der Waals surface area contributed by atoms with Gasteiger partial charge in [0.1, 0.15) is 0 Å². The molecule has 1 aromatic heterocycles. The minimum atomic E-state index is 0.386. The maximum Gasteiger partial charge on any atom is 0.228 e. The largest absolute Gasteiger partial charge is 0.339 e. The van der Waals surface area contributed by atoms with Gasteiger partial charge in [0.15, 0.2) is 0 Å². The molecule has 1 unspecified atom stereocenters. The standard InChI is InChI=1S/C16H22BrN3O/c1-5-13(18-6-2)9-14-19-16(20-21-14)12-7-10(3)15(17)11(4)8-12/h7-8,13,18H,5-6,9H2,1-4H3. The molecule has 2 rings (SSSR count). The highest BCUT2D eigenvalue weighted by molar-refractivity contribution is 9.10. The monoisotopic (exact) mass is 351 g/mol. The SMILES string of the molecule is CCNC(CC)Cc1nc(-c2cc(C)c(Br)c(C)c2)no1. The smallest absolute Gasteiger partial charge is 0.228 e. The van der Waals surface area contributed by atoms with Gasteiger partial charge in [-0.2, -0.15) is 4.98 Å². The summed E-state index contributed by atoms with van der Waals surface area (Å²) >= 11 is 3.58. The molecule has 2 aromatic rings. The van der Waals surface area contributed by atoms with Crippen molar-refractivity contribution in [2.75, 3.05) is 6.54 Å². The van der Waals surface area contributed by atoms with Crippen molar-refractivity contribution in [2.45, 2.75) is 46.6 Å². The summed E-state index contributed by atoms with van der Waals surface area (Å²) in [5.74, 6) is 1.35. The van der Waals surface area contributed by atoms with Crippen LogP contribution in [0.3, 0.4) is 0 Å². The molecule has 1 aromatic carbocycles. The average molecular weight is 352 g/mol. The molecule has 0 radical (unpaired) electrons. The molecular weight excluding hydrogens is 330 g/mol. The molecule has 0 aliphatic heterocycles. The second kappa shape index (κ2) is 7.18. The number of hydrogen-bond acceptors (Lipinski definition) is 4. The van der Waals surface area contributed by atoms with Gasteiger partial charge in [0.25, 0.3) is 0 Å². The summed E-state index contributed by atoms with van der Waals surface area (Å²) in [4.78, 5) is 4.53. The van der Waals surface area contributed by atoms with E-state index in [4.69, 9.17) is 4.52 Å². The predicted octanol–water partition coefficient (Wildman–Crippen LogP) is 4.05. The number of likely N-dealkylation sites (N-methyl/N-ethyl adjacent to an activating group) is 1. The lowest BCUT2D eigenvalue weighted by atomic mass is 10.1. The zero-order valence-electron chi connectivity index (χ0n) is 13.0. The fourth-order valence-corrected chi connectivity index (χ4v) is 2.62.